The SMILES string of the molecule is O=C(c1n[nH]c2c1CCCC2)N1CC2CCC(C1)N(Cc1ccccn1)C2=O. The Kier molecular flexibility index (Phi) is 4.37. The van der Waals surface area contributed by atoms with Crippen molar-refractivity contribution < 1.29 is 9.59 Å². The molecule has 2 amide bonds. The summed E-state index contributed by atoms with van der Waals surface area (Å²) in [6, 6.07) is 5.82. The van der Waals surface area contributed by atoms with Gasteiger partial charge in [0, 0.05) is 36.6 Å². The van der Waals surface area contributed by atoms with Gasteiger partial charge in [-0.25, -0.2) is 0 Å². The van der Waals surface area contributed by atoms with Crippen LogP contribution in [0.2, 0.25) is 0 Å². The quantitative estimate of drug-likeness (QED) is 0.884. The van der Waals surface area contributed by atoms with Gasteiger partial charge in [-0.1, -0.05) is 6.07 Å². The molecule has 7 nitrogen and oxygen atoms in total. The van der Waals surface area contributed by atoms with Crippen LogP contribution in [0.15, 0.2) is 24.4 Å². The van der Waals surface area contributed by atoms with E-state index in [1.54, 1.807) is 6.20 Å². The zero-order valence-electron chi connectivity index (χ0n) is 15.9. The van der Waals surface area contributed by atoms with Crippen LogP contribution in [0.5, 0.6) is 0 Å². The molecule has 28 heavy (non-hydrogen) atoms. The number of aromatic nitrogens is 3. The van der Waals surface area contributed by atoms with Gasteiger partial charge in [0.15, 0.2) is 5.69 Å². The highest BCUT2D eigenvalue weighted by molar-refractivity contribution is 5.95. The summed E-state index contributed by atoms with van der Waals surface area (Å²) in [5, 5.41) is 7.42. The Hall–Kier alpha value is -2.70. The van der Waals surface area contributed by atoms with Crippen molar-refractivity contribution in [2.45, 2.75) is 51.1 Å². The van der Waals surface area contributed by atoms with E-state index in [2.05, 4.69) is 15.2 Å². The van der Waals surface area contributed by atoms with Crippen molar-refractivity contribution in [2.75, 3.05) is 13.1 Å². The largest absolute Gasteiger partial charge is 0.334 e. The fourth-order valence-electron chi connectivity index (χ4n) is 4.89. The van der Waals surface area contributed by atoms with E-state index < -0.39 is 0 Å². The van der Waals surface area contributed by atoms with Crippen LogP contribution in [0.3, 0.4) is 0 Å². The molecule has 7 heteroatoms. The zero-order valence-corrected chi connectivity index (χ0v) is 15.9. The molecule has 6 rings (SSSR count). The lowest BCUT2D eigenvalue weighted by Crippen LogP contribution is -2.47. The second-order valence-corrected chi connectivity index (χ2v) is 8.16. The lowest BCUT2D eigenvalue weighted by Gasteiger charge is -2.35. The zero-order chi connectivity index (χ0) is 19.1. The number of hydrogen-bond acceptors (Lipinski definition) is 4. The Balaban J connectivity index is 1.38. The summed E-state index contributed by atoms with van der Waals surface area (Å²) in [5.74, 6) is 0.00576. The third-order valence-corrected chi connectivity index (χ3v) is 6.40. The third kappa shape index (κ3) is 2.99. The monoisotopic (exact) mass is 379 g/mol. The lowest BCUT2D eigenvalue weighted by atomic mass is 9.94. The Morgan fingerprint density at radius 3 is 2.93 bits per heavy atom. The molecule has 0 saturated carbocycles. The van der Waals surface area contributed by atoms with E-state index in [4.69, 9.17) is 0 Å². The second kappa shape index (κ2) is 7.04. The number of fused-ring (bicyclic) bond motifs is 5. The van der Waals surface area contributed by atoms with E-state index >= 15 is 0 Å². The highest BCUT2D eigenvalue weighted by atomic mass is 16.2. The summed E-state index contributed by atoms with van der Waals surface area (Å²) >= 11 is 0. The molecule has 3 saturated heterocycles. The van der Waals surface area contributed by atoms with Gasteiger partial charge in [0.1, 0.15) is 0 Å². The average Bonchev–Trinajstić information content (AvgIpc) is 2.97. The summed E-state index contributed by atoms with van der Waals surface area (Å²) in [4.78, 5) is 34.5. The van der Waals surface area contributed by atoms with Gasteiger partial charge in [-0.2, -0.15) is 5.10 Å². The minimum Gasteiger partial charge on any atom is -0.334 e. The molecule has 4 aliphatic rings. The summed E-state index contributed by atoms with van der Waals surface area (Å²) in [6.07, 6.45) is 7.68. The van der Waals surface area contributed by atoms with Gasteiger partial charge in [0.2, 0.25) is 5.91 Å². The van der Waals surface area contributed by atoms with Crippen LogP contribution in [0, 0.1) is 5.92 Å². The number of hydrogen-bond donors (Lipinski definition) is 1. The first-order valence-corrected chi connectivity index (χ1v) is 10.3. The maximum atomic E-state index is 13.3. The standard InChI is InChI=1S/C21H25N5O2/c27-20-14-8-9-16(26(20)12-15-5-3-4-10-22-15)13-25(11-14)21(28)19-17-6-1-2-7-18(17)23-24-19/h3-5,10,14,16H,1-2,6-9,11-13H2,(H,23,24). The molecule has 0 spiro atoms. The van der Waals surface area contributed by atoms with Gasteiger partial charge in [0.25, 0.3) is 5.91 Å². The number of pyridine rings is 1. The van der Waals surface area contributed by atoms with E-state index in [1.807, 2.05) is 28.0 Å². The lowest BCUT2D eigenvalue weighted by molar-refractivity contribution is -0.140. The smallest absolute Gasteiger partial charge is 0.274 e. The number of rotatable bonds is 3. The van der Waals surface area contributed by atoms with Gasteiger partial charge >= 0.3 is 0 Å². The molecule has 2 bridgehead atoms. The first-order chi connectivity index (χ1) is 13.7. The molecule has 1 aliphatic carbocycles. The van der Waals surface area contributed by atoms with Crippen molar-refractivity contribution in [1.29, 1.82) is 0 Å². The predicted octanol–water partition coefficient (Wildman–Crippen LogP) is 1.95. The fraction of sp³-hybridized carbons (Fsp3) is 0.524. The molecule has 2 unspecified atom stereocenters. The molecule has 0 radical (unpaired) electrons. The number of nitrogens with zero attached hydrogens (tertiary/aromatic N) is 4. The Labute approximate surface area is 164 Å². The molecule has 1 N–H and O–H groups in total. The number of amides is 2. The van der Waals surface area contributed by atoms with Crippen LogP contribution < -0.4 is 0 Å². The molecule has 3 aliphatic heterocycles. The highest BCUT2D eigenvalue weighted by Gasteiger charge is 2.42. The molecule has 5 heterocycles. The summed E-state index contributed by atoms with van der Waals surface area (Å²) in [6.45, 7) is 1.59. The van der Waals surface area contributed by atoms with E-state index in [9.17, 15) is 9.59 Å². The molecular weight excluding hydrogens is 354 g/mol. The van der Waals surface area contributed by atoms with Gasteiger partial charge in [0.05, 0.1) is 18.2 Å². The molecule has 2 atom stereocenters. The number of aryl methyl sites for hydroxylation is 1. The normalized spacial score (nSPS) is 24.2. The van der Waals surface area contributed by atoms with E-state index in [-0.39, 0.29) is 23.8 Å². The van der Waals surface area contributed by atoms with Gasteiger partial charge in [-0.3, -0.25) is 19.7 Å². The van der Waals surface area contributed by atoms with Crippen molar-refractivity contribution in [2.24, 2.45) is 5.92 Å². The molecule has 146 valence electrons. The van der Waals surface area contributed by atoms with Crippen molar-refractivity contribution in [3.63, 3.8) is 0 Å². The predicted molar refractivity (Wildman–Crippen MR) is 102 cm³/mol. The van der Waals surface area contributed by atoms with Crippen LogP contribution in [0.1, 0.15) is 53.1 Å². The number of carbonyl (C=O) groups is 2. The maximum absolute atomic E-state index is 13.3. The topological polar surface area (TPSA) is 82.2 Å². The van der Waals surface area contributed by atoms with E-state index in [1.165, 1.54) is 0 Å². The van der Waals surface area contributed by atoms with Crippen LogP contribution in [0.4, 0.5) is 0 Å². The average molecular weight is 379 g/mol. The molecule has 2 aromatic rings. The van der Waals surface area contributed by atoms with Crippen molar-refractivity contribution in [1.82, 2.24) is 25.0 Å². The van der Waals surface area contributed by atoms with E-state index in [0.29, 0.717) is 25.3 Å². The van der Waals surface area contributed by atoms with Gasteiger partial charge < -0.3 is 9.80 Å². The van der Waals surface area contributed by atoms with Crippen LogP contribution in [-0.4, -0.2) is 55.9 Å². The van der Waals surface area contributed by atoms with Crippen LogP contribution >= 0.6 is 0 Å². The van der Waals surface area contributed by atoms with Crippen LogP contribution in [-0.2, 0) is 24.2 Å². The van der Waals surface area contributed by atoms with E-state index in [0.717, 1.165) is 55.5 Å². The molecular formula is C21H25N5O2. The first-order valence-electron chi connectivity index (χ1n) is 10.3. The summed E-state index contributed by atoms with van der Waals surface area (Å²) in [5.41, 5.74) is 3.66. The third-order valence-electron chi connectivity index (χ3n) is 6.40. The van der Waals surface area contributed by atoms with Gasteiger partial charge in [-0.05, 0) is 50.7 Å². The van der Waals surface area contributed by atoms with Crippen molar-refractivity contribution in [3.8, 4) is 0 Å². The number of carbonyl (C=O) groups excluding carboxylic acids is 2. The minimum atomic E-state index is -0.124. The Morgan fingerprint density at radius 1 is 1.18 bits per heavy atom. The molecule has 0 aromatic carbocycles. The number of piperidine rings is 1. The Morgan fingerprint density at radius 2 is 2.07 bits per heavy atom. The summed E-state index contributed by atoms with van der Waals surface area (Å²) < 4.78 is 0. The van der Waals surface area contributed by atoms with Crippen molar-refractivity contribution in [3.05, 3.63) is 47.0 Å². The number of aromatic amines is 1. The number of H-pyrrole nitrogens is 1. The highest BCUT2D eigenvalue weighted by Crippen LogP contribution is 2.31. The Bertz CT molecular complexity index is 893. The van der Waals surface area contributed by atoms with Crippen molar-refractivity contribution >= 4 is 11.8 Å². The first kappa shape index (κ1) is 17.4. The minimum absolute atomic E-state index is 0.0243. The second-order valence-electron chi connectivity index (χ2n) is 8.16. The van der Waals surface area contributed by atoms with Crippen LogP contribution in [0.25, 0.3) is 0 Å². The molecule has 2 aromatic heterocycles. The number of nitrogens with one attached hydrogen (secondary N) is 1. The fourth-order valence-corrected chi connectivity index (χ4v) is 4.89. The maximum Gasteiger partial charge on any atom is 0.274 e. The molecule has 3 fully saturated rings. The summed E-state index contributed by atoms with van der Waals surface area (Å²) in [7, 11) is 0. The van der Waals surface area contributed by atoms with Gasteiger partial charge in [-0.15, -0.1) is 0 Å².